The van der Waals surface area contributed by atoms with Gasteiger partial charge in [0.2, 0.25) is 0 Å². The molecule has 1 saturated carbocycles. The van der Waals surface area contributed by atoms with Gasteiger partial charge in [0.05, 0.1) is 32.7 Å². The van der Waals surface area contributed by atoms with Gasteiger partial charge in [0.1, 0.15) is 5.65 Å². The summed E-state index contributed by atoms with van der Waals surface area (Å²) in [6.07, 6.45) is 5.89. The smallest absolute Gasteiger partial charge is 0.254 e. The number of nitrogens with zero attached hydrogens (tertiary/aromatic N) is 3. The van der Waals surface area contributed by atoms with Crippen LogP contribution in [0.2, 0.25) is 0 Å². The number of rotatable bonds is 6. The van der Waals surface area contributed by atoms with Crippen LogP contribution in [0.5, 0.6) is 11.5 Å². The van der Waals surface area contributed by atoms with E-state index < -0.39 is 0 Å². The van der Waals surface area contributed by atoms with Crippen LogP contribution < -0.4 is 9.47 Å². The molecule has 0 radical (unpaired) electrons. The van der Waals surface area contributed by atoms with E-state index in [-0.39, 0.29) is 11.9 Å². The highest BCUT2D eigenvalue weighted by Crippen LogP contribution is 2.32. The van der Waals surface area contributed by atoms with Crippen LogP contribution in [0.3, 0.4) is 0 Å². The summed E-state index contributed by atoms with van der Waals surface area (Å²) in [6.45, 7) is 0.531. The van der Waals surface area contributed by atoms with E-state index in [2.05, 4.69) is 4.98 Å². The molecule has 2 aromatic heterocycles. The number of pyridine rings is 1. The second-order valence-corrected chi connectivity index (χ2v) is 6.41. The third-order valence-electron chi connectivity index (χ3n) is 4.70. The molecule has 1 aliphatic rings. The second kappa shape index (κ2) is 6.71. The van der Waals surface area contributed by atoms with Gasteiger partial charge in [-0.1, -0.05) is 6.07 Å². The molecule has 134 valence electrons. The number of methoxy groups -OCH3 is 2. The fourth-order valence-corrected chi connectivity index (χ4v) is 3.16. The molecule has 0 atom stereocenters. The molecule has 0 saturated heterocycles. The number of aromatic nitrogens is 2. The average Bonchev–Trinajstić information content (AvgIpc) is 3.45. The molecule has 1 fully saturated rings. The van der Waals surface area contributed by atoms with Crippen molar-refractivity contribution in [2.24, 2.45) is 0 Å². The lowest BCUT2D eigenvalue weighted by atomic mass is 10.1. The number of fused-ring (bicyclic) bond motifs is 1. The maximum absolute atomic E-state index is 13.2. The Balaban J connectivity index is 1.63. The molecule has 0 spiro atoms. The Morgan fingerprint density at radius 2 is 2.00 bits per heavy atom. The molecule has 1 aliphatic carbocycles. The van der Waals surface area contributed by atoms with Crippen molar-refractivity contribution in [3.8, 4) is 11.5 Å². The van der Waals surface area contributed by atoms with Crippen molar-refractivity contribution in [1.29, 1.82) is 0 Å². The highest BCUT2D eigenvalue weighted by Gasteiger charge is 2.34. The number of benzene rings is 1. The molecule has 2 heterocycles. The first kappa shape index (κ1) is 16.4. The van der Waals surface area contributed by atoms with Gasteiger partial charge < -0.3 is 18.8 Å². The monoisotopic (exact) mass is 351 g/mol. The third-order valence-corrected chi connectivity index (χ3v) is 4.70. The summed E-state index contributed by atoms with van der Waals surface area (Å²) in [7, 11) is 3.16. The van der Waals surface area contributed by atoms with Crippen LogP contribution in [0.1, 0.15) is 28.9 Å². The summed E-state index contributed by atoms with van der Waals surface area (Å²) in [5.74, 6) is 1.17. The lowest BCUT2D eigenvalue weighted by Crippen LogP contribution is -2.33. The van der Waals surface area contributed by atoms with E-state index in [0.717, 1.165) is 24.2 Å². The molecule has 0 bridgehead atoms. The molecule has 0 N–H and O–H groups in total. The molecular weight excluding hydrogens is 330 g/mol. The molecule has 3 aromatic rings. The molecule has 26 heavy (non-hydrogen) atoms. The van der Waals surface area contributed by atoms with E-state index in [0.29, 0.717) is 23.6 Å². The van der Waals surface area contributed by atoms with Crippen molar-refractivity contribution in [3.05, 3.63) is 60.0 Å². The molecule has 4 rings (SSSR count). The van der Waals surface area contributed by atoms with Crippen LogP contribution in [0.25, 0.3) is 5.65 Å². The Labute approximate surface area is 152 Å². The topological polar surface area (TPSA) is 56.1 Å². The quantitative estimate of drug-likeness (QED) is 0.685. The minimum absolute atomic E-state index is 0.000616. The van der Waals surface area contributed by atoms with Crippen molar-refractivity contribution in [1.82, 2.24) is 14.3 Å². The lowest BCUT2D eigenvalue weighted by molar-refractivity contribution is 0.0727. The second-order valence-electron chi connectivity index (χ2n) is 6.41. The molecule has 6 heteroatoms. The van der Waals surface area contributed by atoms with Gasteiger partial charge >= 0.3 is 0 Å². The fraction of sp³-hybridized carbons (Fsp3) is 0.300. The summed E-state index contributed by atoms with van der Waals surface area (Å²) in [6, 6.07) is 11.5. The molecule has 0 aliphatic heterocycles. The minimum atomic E-state index is -0.000616. The number of ether oxygens (including phenoxy) is 2. The summed E-state index contributed by atoms with van der Waals surface area (Å²) < 4.78 is 12.6. The van der Waals surface area contributed by atoms with E-state index in [9.17, 15) is 4.79 Å². The normalized spacial score (nSPS) is 13.6. The van der Waals surface area contributed by atoms with Gasteiger partial charge in [-0.05, 0) is 43.2 Å². The summed E-state index contributed by atoms with van der Waals surface area (Å²) >= 11 is 0. The number of hydrogen-bond donors (Lipinski definition) is 0. The summed E-state index contributed by atoms with van der Waals surface area (Å²) in [5.41, 5.74) is 2.49. The van der Waals surface area contributed by atoms with Gasteiger partial charge in [-0.3, -0.25) is 4.79 Å². The van der Waals surface area contributed by atoms with Crippen LogP contribution >= 0.6 is 0 Å². The van der Waals surface area contributed by atoms with Crippen LogP contribution in [0, 0.1) is 0 Å². The van der Waals surface area contributed by atoms with E-state index in [1.165, 1.54) is 0 Å². The Hall–Kier alpha value is -3.02. The number of hydrogen-bond acceptors (Lipinski definition) is 4. The number of amides is 1. The summed E-state index contributed by atoms with van der Waals surface area (Å²) in [5, 5.41) is 0. The van der Waals surface area contributed by atoms with Gasteiger partial charge in [-0.25, -0.2) is 4.98 Å². The zero-order valence-electron chi connectivity index (χ0n) is 14.9. The standard InChI is InChI=1S/C20H21N3O3/c1-25-17-9-6-14(11-18(17)26-2)20(24)23(15-7-8-15)13-16-12-21-19-5-3-4-10-22(16)19/h3-6,9-12,15H,7-8,13H2,1-2H3. The fourth-order valence-electron chi connectivity index (χ4n) is 3.16. The Morgan fingerprint density at radius 1 is 1.19 bits per heavy atom. The van der Waals surface area contributed by atoms with E-state index >= 15 is 0 Å². The van der Waals surface area contributed by atoms with Gasteiger partial charge in [0, 0.05) is 17.8 Å². The van der Waals surface area contributed by atoms with Gasteiger partial charge in [0.15, 0.2) is 11.5 Å². The number of carbonyl (C=O) groups is 1. The summed E-state index contributed by atoms with van der Waals surface area (Å²) in [4.78, 5) is 19.5. The SMILES string of the molecule is COc1ccc(C(=O)N(Cc2cnc3ccccn23)C2CC2)cc1OC. The highest BCUT2D eigenvalue weighted by atomic mass is 16.5. The lowest BCUT2D eigenvalue weighted by Gasteiger charge is -2.23. The first-order chi connectivity index (χ1) is 12.7. The molecule has 1 amide bonds. The van der Waals surface area contributed by atoms with Gasteiger partial charge in [-0.2, -0.15) is 0 Å². The Kier molecular flexibility index (Phi) is 4.24. The molecular formula is C20H21N3O3. The van der Waals surface area contributed by atoms with Crippen LogP contribution in [0.4, 0.5) is 0 Å². The van der Waals surface area contributed by atoms with Crippen molar-refractivity contribution >= 4 is 11.6 Å². The van der Waals surface area contributed by atoms with E-state index in [1.54, 1.807) is 32.4 Å². The Bertz CT molecular complexity index is 946. The largest absolute Gasteiger partial charge is 0.493 e. The van der Waals surface area contributed by atoms with Crippen LogP contribution in [0.15, 0.2) is 48.8 Å². The highest BCUT2D eigenvalue weighted by molar-refractivity contribution is 5.95. The van der Waals surface area contributed by atoms with Crippen molar-refractivity contribution in [2.45, 2.75) is 25.4 Å². The van der Waals surface area contributed by atoms with Crippen molar-refractivity contribution < 1.29 is 14.3 Å². The van der Waals surface area contributed by atoms with Crippen LogP contribution in [-0.4, -0.2) is 40.5 Å². The van der Waals surface area contributed by atoms with Gasteiger partial charge in [-0.15, -0.1) is 0 Å². The van der Waals surface area contributed by atoms with Crippen molar-refractivity contribution in [2.75, 3.05) is 14.2 Å². The minimum Gasteiger partial charge on any atom is -0.493 e. The van der Waals surface area contributed by atoms with E-state index in [1.807, 2.05) is 39.9 Å². The predicted molar refractivity (Wildman–Crippen MR) is 97.6 cm³/mol. The average molecular weight is 351 g/mol. The van der Waals surface area contributed by atoms with E-state index in [4.69, 9.17) is 9.47 Å². The Morgan fingerprint density at radius 3 is 2.73 bits per heavy atom. The predicted octanol–water partition coefficient (Wildman–Crippen LogP) is 3.16. The number of carbonyl (C=O) groups excluding carboxylic acids is 1. The first-order valence-electron chi connectivity index (χ1n) is 8.65. The zero-order chi connectivity index (χ0) is 18.1. The molecule has 6 nitrogen and oxygen atoms in total. The first-order valence-corrected chi connectivity index (χ1v) is 8.65. The third kappa shape index (κ3) is 2.98. The van der Waals surface area contributed by atoms with Crippen molar-refractivity contribution in [3.63, 3.8) is 0 Å². The van der Waals surface area contributed by atoms with Crippen LogP contribution in [-0.2, 0) is 6.54 Å². The van der Waals surface area contributed by atoms with Gasteiger partial charge in [0.25, 0.3) is 5.91 Å². The number of imidazole rings is 1. The zero-order valence-corrected chi connectivity index (χ0v) is 14.9. The maximum atomic E-state index is 13.2. The molecule has 1 aromatic carbocycles. The maximum Gasteiger partial charge on any atom is 0.254 e. The molecule has 0 unspecified atom stereocenters.